The van der Waals surface area contributed by atoms with E-state index in [1.165, 1.54) is 30.1 Å². The highest BCUT2D eigenvalue weighted by Crippen LogP contribution is 2.30. The second kappa shape index (κ2) is 10.2. The Hall–Kier alpha value is -3.52. The van der Waals surface area contributed by atoms with Gasteiger partial charge in [0.05, 0.1) is 24.2 Å². The van der Waals surface area contributed by atoms with Crippen LogP contribution in [0.2, 0.25) is 0 Å². The van der Waals surface area contributed by atoms with Crippen molar-refractivity contribution in [1.82, 2.24) is 9.66 Å². The minimum atomic E-state index is -0.576. The zero-order valence-corrected chi connectivity index (χ0v) is 20.5. The molecule has 0 bridgehead atoms. The molecule has 0 saturated heterocycles. The fraction of sp³-hybridized carbons (Fsp3) is 0.192. The molecule has 0 amide bonds. The number of hydrogen-bond donors (Lipinski definition) is 0. The summed E-state index contributed by atoms with van der Waals surface area (Å²) in [6, 6.07) is 17.0. The standard InChI is InChI=1S/C26H23BrFN3O3/c1-4-16(2)25-30-22-11-10-18(27)13-20(22)26(32)31(25)29-15-17-12-24(21(28)14-23(17)33-3)34-19-8-6-5-7-9-19/h5-16H,4H2,1-3H3/t16-/m0/s1. The first kappa shape index (κ1) is 23.6. The monoisotopic (exact) mass is 523 g/mol. The maximum atomic E-state index is 14.6. The van der Waals surface area contributed by atoms with Gasteiger partial charge in [-0.3, -0.25) is 4.79 Å². The average Bonchev–Trinajstić information content (AvgIpc) is 2.85. The van der Waals surface area contributed by atoms with Gasteiger partial charge in [0.2, 0.25) is 0 Å². The van der Waals surface area contributed by atoms with E-state index in [4.69, 9.17) is 14.5 Å². The third kappa shape index (κ3) is 4.87. The van der Waals surface area contributed by atoms with Gasteiger partial charge in [-0.1, -0.05) is 48.0 Å². The molecule has 1 aromatic heterocycles. The van der Waals surface area contributed by atoms with E-state index < -0.39 is 5.82 Å². The predicted octanol–water partition coefficient (Wildman–Crippen LogP) is 6.49. The number of hydrogen-bond acceptors (Lipinski definition) is 5. The lowest BCUT2D eigenvalue weighted by molar-refractivity contribution is 0.401. The number of aromatic nitrogens is 2. The van der Waals surface area contributed by atoms with Crippen LogP contribution in [-0.2, 0) is 0 Å². The lowest BCUT2D eigenvalue weighted by Gasteiger charge is -2.14. The molecule has 34 heavy (non-hydrogen) atoms. The predicted molar refractivity (Wildman–Crippen MR) is 135 cm³/mol. The normalized spacial score (nSPS) is 12.3. The minimum absolute atomic E-state index is 0.00927. The quantitative estimate of drug-likeness (QED) is 0.259. The van der Waals surface area contributed by atoms with E-state index >= 15 is 0 Å². The Kier molecular flexibility index (Phi) is 7.07. The van der Waals surface area contributed by atoms with Crippen LogP contribution in [0.15, 0.2) is 75.0 Å². The van der Waals surface area contributed by atoms with Gasteiger partial charge in [0.1, 0.15) is 17.3 Å². The van der Waals surface area contributed by atoms with Crippen molar-refractivity contribution in [2.45, 2.75) is 26.2 Å². The number of benzene rings is 3. The maximum absolute atomic E-state index is 14.6. The van der Waals surface area contributed by atoms with Gasteiger partial charge in [0, 0.05) is 22.0 Å². The number of fused-ring (bicyclic) bond motifs is 1. The fourth-order valence-corrected chi connectivity index (χ4v) is 3.78. The maximum Gasteiger partial charge on any atom is 0.282 e. The van der Waals surface area contributed by atoms with Crippen LogP contribution in [0.3, 0.4) is 0 Å². The van der Waals surface area contributed by atoms with Gasteiger partial charge in [-0.25, -0.2) is 9.37 Å². The summed E-state index contributed by atoms with van der Waals surface area (Å²) in [7, 11) is 1.44. The molecule has 0 aliphatic carbocycles. The molecule has 0 N–H and O–H groups in total. The molecular formula is C26H23BrFN3O3. The highest BCUT2D eigenvalue weighted by Gasteiger charge is 2.17. The third-order valence-corrected chi connectivity index (χ3v) is 5.95. The molecule has 8 heteroatoms. The lowest BCUT2D eigenvalue weighted by Crippen LogP contribution is -2.23. The second-order valence-corrected chi connectivity index (χ2v) is 8.66. The first-order chi connectivity index (χ1) is 16.4. The molecule has 0 radical (unpaired) electrons. The van der Waals surface area contributed by atoms with Gasteiger partial charge in [-0.15, -0.1) is 0 Å². The number of rotatable bonds is 7. The third-order valence-electron chi connectivity index (χ3n) is 5.45. The van der Waals surface area contributed by atoms with Crippen LogP contribution in [-0.4, -0.2) is 23.0 Å². The Morgan fingerprint density at radius 3 is 2.62 bits per heavy atom. The fourth-order valence-electron chi connectivity index (χ4n) is 3.42. The zero-order chi connectivity index (χ0) is 24.2. The second-order valence-electron chi connectivity index (χ2n) is 7.74. The summed E-state index contributed by atoms with van der Waals surface area (Å²) in [5.74, 6) is 0.728. The summed E-state index contributed by atoms with van der Waals surface area (Å²) in [4.78, 5) is 18.0. The highest BCUT2D eigenvalue weighted by molar-refractivity contribution is 9.10. The van der Waals surface area contributed by atoms with Crippen molar-refractivity contribution in [3.8, 4) is 17.2 Å². The lowest BCUT2D eigenvalue weighted by atomic mass is 10.1. The Balaban J connectivity index is 1.82. The Labute approximate surface area is 204 Å². The molecule has 0 saturated carbocycles. The Morgan fingerprint density at radius 2 is 1.91 bits per heavy atom. The highest BCUT2D eigenvalue weighted by atomic mass is 79.9. The zero-order valence-electron chi connectivity index (χ0n) is 19.0. The molecule has 0 aliphatic rings. The Bertz CT molecular complexity index is 1420. The van der Waals surface area contributed by atoms with Crippen LogP contribution >= 0.6 is 15.9 Å². The van der Waals surface area contributed by atoms with Gasteiger partial charge in [-0.05, 0) is 42.8 Å². The summed E-state index contributed by atoms with van der Waals surface area (Å²) in [6.45, 7) is 4.01. The van der Waals surface area contributed by atoms with Gasteiger partial charge in [0.15, 0.2) is 11.6 Å². The molecule has 3 aromatic carbocycles. The molecule has 1 atom stereocenters. The van der Waals surface area contributed by atoms with E-state index in [1.54, 1.807) is 36.4 Å². The number of nitrogens with zero attached hydrogens (tertiary/aromatic N) is 3. The molecule has 6 nitrogen and oxygen atoms in total. The van der Waals surface area contributed by atoms with Crippen LogP contribution in [0.25, 0.3) is 10.9 Å². The van der Waals surface area contributed by atoms with Gasteiger partial charge in [-0.2, -0.15) is 9.78 Å². The molecule has 0 fully saturated rings. The molecule has 0 unspecified atom stereocenters. The number of para-hydroxylation sites is 1. The number of halogens is 2. The van der Waals surface area contributed by atoms with E-state index in [9.17, 15) is 9.18 Å². The SMILES string of the molecule is CC[C@H](C)c1nc2ccc(Br)cc2c(=O)n1N=Cc1cc(Oc2ccccc2)c(F)cc1OC. The number of methoxy groups -OCH3 is 1. The molecule has 0 spiro atoms. The van der Waals surface area contributed by atoms with Crippen LogP contribution in [0, 0.1) is 5.82 Å². The van der Waals surface area contributed by atoms with E-state index in [-0.39, 0.29) is 23.0 Å². The van der Waals surface area contributed by atoms with Gasteiger partial charge in [0.25, 0.3) is 5.56 Å². The van der Waals surface area contributed by atoms with Crippen molar-refractivity contribution in [3.63, 3.8) is 0 Å². The summed E-state index contributed by atoms with van der Waals surface area (Å²) < 4.78 is 27.7. The van der Waals surface area contributed by atoms with Crippen molar-refractivity contribution in [1.29, 1.82) is 0 Å². The van der Waals surface area contributed by atoms with Crippen LogP contribution in [0.1, 0.15) is 37.6 Å². The van der Waals surface area contributed by atoms with E-state index in [0.29, 0.717) is 28.0 Å². The Morgan fingerprint density at radius 1 is 1.15 bits per heavy atom. The molecule has 1 heterocycles. The van der Waals surface area contributed by atoms with Crippen molar-refractivity contribution in [2.24, 2.45) is 5.10 Å². The van der Waals surface area contributed by atoms with Crippen molar-refractivity contribution in [3.05, 3.63) is 92.7 Å². The summed E-state index contributed by atoms with van der Waals surface area (Å²) in [5, 5.41) is 4.90. The first-order valence-corrected chi connectivity index (χ1v) is 11.6. The largest absolute Gasteiger partial charge is 0.496 e. The average molecular weight is 524 g/mol. The summed E-state index contributed by atoms with van der Waals surface area (Å²) in [6.07, 6.45) is 2.23. The van der Waals surface area contributed by atoms with Crippen molar-refractivity contribution >= 4 is 33.0 Å². The first-order valence-electron chi connectivity index (χ1n) is 10.8. The molecule has 174 valence electrons. The molecular weight excluding hydrogens is 501 g/mol. The van der Waals surface area contributed by atoms with Gasteiger partial charge < -0.3 is 9.47 Å². The van der Waals surface area contributed by atoms with Crippen LogP contribution < -0.4 is 15.0 Å². The van der Waals surface area contributed by atoms with Crippen LogP contribution in [0.5, 0.6) is 17.2 Å². The van der Waals surface area contributed by atoms with E-state index in [2.05, 4.69) is 21.0 Å². The van der Waals surface area contributed by atoms with E-state index in [0.717, 1.165) is 10.9 Å². The van der Waals surface area contributed by atoms with Crippen molar-refractivity contribution in [2.75, 3.05) is 7.11 Å². The molecule has 0 aliphatic heterocycles. The van der Waals surface area contributed by atoms with Gasteiger partial charge >= 0.3 is 0 Å². The topological polar surface area (TPSA) is 65.7 Å². The van der Waals surface area contributed by atoms with Crippen molar-refractivity contribution < 1.29 is 13.9 Å². The summed E-state index contributed by atoms with van der Waals surface area (Å²) in [5.41, 5.74) is 0.763. The number of ether oxygens (including phenoxy) is 2. The van der Waals surface area contributed by atoms with E-state index in [1.807, 2.05) is 26.0 Å². The molecule has 4 aromatic rings. The smallest absolute Gasteiger partial charge is 0.282 e. The summed E-state index contributed by atoms with van der Waals surface area (Å²) >= 11 is 3.41. The van der Waals surface area contributed by atoms with Crippen LogP contribution in [0.4, 0.5) is 4.39 Å². The minimum Gasteiger partial charge on any atom is -0.496 e. The molecule has 4 rings (SSSR count).